The van der Waals surface area contributed by atoms with E-state index in [0.29, 0.717) is 0 Å². The van der Waals surface area contributed by atoms with Gasteiger partial charge in [-0.3, -0.25) is 4.79 Å². The molecule has 1 N–H and O–H groups in total. The van der Waals surface area contributed by atoms with Gasteiger partial charge in [-0.25, -0.2) is 4.79 Å². The Morgan fingerprint density at radius 3 is 2.50 bits per heavy atom. The van der Waals surface area contributed by atoms with E-state index in [9.17, 15) is 9.59 Å². The summed E-state index contributed by atoms with van der Waals surface area (Å²) in [7, 11) is 0. The van der Waals surface area contributed by atoms with Crippen molar-refractivity contribution in [2.45, 2.75) is 13.8 Å². The highest BCUT2D eigenvalue weighted by atomic mass is 16.7. The minimum atomic E-state index is -0.618. The summed E-state index contributed by atoms with van der Waals surface area (Å²) in [6.07, 6.45) is 2.70. The number of carbonyl (C=O) groups excluding carboxylic acids is 2. The van der Waals surface area contributed by atoms with Crippen molar-refractivity contribution in [3.05, 3.63) is 24.3 Å². The molecule has 4 nitrogen and oxygen atoms in total. The summed E-state index contributed by atoms with van der Waals surface area (Å²) < 4.78 is 0. The Kier molecular flexibility index (Phi) is 4.45. The molecule has 0 aliphatic heterocycles. The van der Waals surface area contributed by atoms with Gasteiger partial charge in [-0.15, -0.1) is 0 Å². The largest absolute Gasteiger partial charge is 0.355 e. The average Bonchev–Trinajstić information content (AvgIpc) is 2.00. The summed E-state index contributed by atoms with van der Waals surface area (Å²) in [5.74, 6) is -1.13. The topological polar surface area (TPSA) is 55.4 Å². The van der Waals surface area contributed by atoms with Crippen LogP contribution in [0.25, 0.3) is 0 Å². The fourth-order valence-corrected chi connectivity index (χ4v) is 0.354. The van der Waals surface area contributed by atoms with Gasteiger partial charge in [0, 0.05) is 11.6 Å². The van der Waals surface area contributed by atoms with Crippen LogP contribution in [-0.2, 0) is 14.4 Å². The molecule has 0 bridgehead atoms. The highest BCUT2D eigenvalue weighted by Crippen LogP contribution is 1.86. The normalized spacial score (nSPS) is 9.50. The van der Waals surface area contributed by atoms with Crippen LogP contribution in [0.4, 0.5) is 0 Å². The van der Waals surface area contributed by atoms with E-state index in [4.69, 9.17) is 0 Å². The molecule has 0 fully saturated rings. The number of nitrogens with one attached hydrogen (secondary N) is 1. The van der Waals surface area contributed by atoms with Gasteiger partial charge in [0.05, 0.1) is 0 Å². The standard InChI is InChI=1S/C8H11NO3/c1-4-5-7(10)12-9-8(11)6(2)3/h4-5H,2H2,1,3H3,(H,9,11). The van der Waals surface area contributed by atoms with Crippen molar-refractivity contribution in [3.63, 3.8) is 0 Å². The maximum atomic E-state index is 10.7. The van der Waals surface area contributed by atoms with Crippen LogP contribution in [0.15, 0.2) is 24.3 Å². The van der Waals surface area contributed by atoms with Crippen molar-refractivity contribution < 1.29 is 14.4 Å². The zero-order chi connectivity index (χ0) is 9.56. The summed E-state index contributed by atoms with van der Waals surface area (Å²) in [6, 6.07) is 0. The molecule has 66 valence electrons. The van der Waals surface area contributed by atoms with Crippen LogP contribution >= 0.6 is 0 Å². The summed E-state index contributed by atoms with van der Waals surface area (Å²) in [4.78, 5) is 25.7. The van der Waals surface area contributed by atoms with E-state index in [1.54, 1.807) is 6.92 Å². The van der Waals surface area contributed by atoms with Crippen molar-refractivity contribution in [2.24, 2.45) is 0 Å². The second kappa shape index (κ2) is 5.12. The third-order valence-electron chi connectivity index (χ3n) is 0.935. The Hall–Kier alpha value is -1.58. The molecule has 0 radical (unpaired) electrons. The Morgan fingerprint density at radius 1 is 1.50 bits per heavy atom. The van der Waals surface area contributed by atoms with Gasteiger partial charge in [0.1, 0.15) is 0 Å². The molecule has 0 saturated carbocycles. The average molecular weight is 169 g/mol. The minimum Gasteiger partial charge on any atom is -0.336 e. The van der Waals surface area contributed by atoms with Crippen molar-refractivity contribution in [1.29, 1.82) is 0 Å². The predicted octanol–water partition coefficient (Wildman–Crippen LogP) is 0.713. The molecular formula is C8H11NO3. The Morgan fingerprint density at radius 2 is 2.08 bits per heavy atom. The van der Waals surface area contributed by atoms with Gasteiger partial charge in [0.15, 0.2) is 0 Å². The fraction of sp³-hybridized carbons (Fsp3) is 0.250. The first kappa shape index (κ1) is 10.4. The number of allylic oxidation sites excluding steroid dienone is 1. The number of hydrogen-bond acceptors (Lipinski definition) is 3. The quantitative estimate of drug-likeness (QED) is 0.489. The number of hydroxylamine groups is 1. The Labute approximate surface area is 70.9 Å². The van der Waals surface area contributed by atoms with E-state index in [0.717, 1.165) is 0 Å². The summed E-state index contributed by atoms with van der Waals surface area (Å²) >= 11 is 0. The summed E-state index contributed by atoms with van der Waals surface area (Å²) in [5, 5.41) is 0. The van der Waals surface area contributed by atoms with Crippen LogP contribution in [0.1, 0.15) is 13.8 Å². The molecule has 0 aromatic heterocycles. The van der Waals surface area contributed by atoms with Crippen LogP contribution in [0.5, 0.6) is 0 Å². The first-order valence-corrected chi connectivity index (χ1v) is 3.37. The molecule has 0 aliphatic rings. The Bertz CT molecular complexity index is 230. The van der Waals surface area contributed by atoms with Crippen molar-refractivity contribution in [2.75, 3.05) is 0 Å². The zero-order valence-electron chi connectivity index (χ0n) is 7.09. The molecule has 0 aliphatic carbocycles. The van der Waals surface area contributed by atoms with E-state index in [1.807, 2.05) is 5.48 Å². The van der Waals surface area contributed by atoms with Gasteiger partial charge in [-0.2, -0.15) is 5.48 Å². The van der Waals surface area contributed by atoms with Crippen LogP contribution in [0.3, 0.4) is 0 Å². The van der Waals surface area contributed by atoms with Crippen molar-refractivity contribution >= 4 is 11.9 Å². The van der Waals surface area contributed by atoms with Gasteiger partial charge >= 0.3 is 5.97 Å². The molecule has 0 unspecified atom stereocenters. The minimum absolute atomic E-state index is 0.281. The summed E-state index contributed by atoms with van der Waals surface area (Å²) in [5.41, 5.74) is 2.21. The molecule has 0 saturated heterocycles. The van der Waals surface area contributed by atoms with Crippen LogP contribution in [0.2, 0.25) is 0 Å². The second-order valence-corrected chi connectivity index (χ2v) is 2.13. The van der Waals surface area contributed by atoms with E-state index in [2.05, 4.69) is 11.4 Å². The third-order valence-corrected chi connectivity index (χ3v) is 0.935. The van der Waals surface area contributed by atoms with E-state index in [1.165, 1.54) is 19.1 Å². The predicted molar refractivity (Wildman–Crippen MR) is 43.9 cm³/mol. The monoisotopic (exact) mass is 169 g/mol. The molecule has 0 spiro atoms. The highest BCUT2D eigenvalue weighted by molar-refractivity contribution is 5.92. The van der Waals surface area contributed by atoms with Crippen LogP contribution < -0.4 is 5.48 Å². The highest BCUT2D eigenvalue weighted by Gasteiger charge is 2.02. The van der Waals surface area contributed by atoms with Crippen LogP contribution in [0, 0.1) is 0 Å². The lowest BCUT2D eigenvalue weighted by atomic mass is 10.3. The molecule has 0 atom stereocenters. The zero-order valence-corrected chi connectivity index (χ0v) is 7.09. The first-order valence-electron chi connectivity index (χ1n) is 3.37. The molecule has 0 heterocycles. The maximum Gasteiger partial charge on any atom is 0.355 e. The molecular weight excluding hydrogens is 158 g/mol. The molecule has 1 amide bonds. The lowest BCUT2D eigenvalue weighted by Crippen LogP contribution is -2.26. The van der Waals surface area contributed by atoms with Crippen molar-refractivity contribution in [3.8, 4) is 0 Å². The lowest BCUT2D eigenvalue weighted by molar-refractivity contribution is -0.151. The van der Waals surface area contributed by atoms with E-state index >= 15 is 0 Å². The molecule has 4 heteroatoms. The fourth-order valence-electron chi connectivity index (χ4n) is 0.354. The third kappa shape index (κ3) is 4.27. The smallest absolute Gasteiger partial charge is 0.336 e. The van der Waals surface area contributed by atoms with E-state index in [-0.39, 0.29) is 5.57 Å². The van der Waals surface area contributed by atoms with Gasteiger partial charge in [0.25, 0.3) is 5.91 Å². The van der Waals surface area contributed by atoms with Gasteiger partial charge < -0.3 is 4.84 Å². The number of amides is 1. The maximum absolute atomic E-state index is 10.7. The number of rotatable bonds is 2. The first-order chi connectivity index (χ1) is 5.57. The van der Waals surface area contributed by atoms with Gasteiger partial charge in [-0.1, -0.05) is 12.7 Å². The lowest BCUT2D eigenvalue weighted by Gasteiger charge is -2.01. The molecule has 12 heavy (non-hydrogen) atoms. The molecule has 0 rings (SSSR count). The molecule has 0 aromatic carbocycles. The Balaban J connectivity index is 3.76. The molecule has 0 aromatic rings. The van der Waals surface area contributed by atoms with Gasteiger partial charge in [0.2, 0.25) is 0 Å². The number of carbonyl (C=O) groups is 2. The van der Waals surface area contributed by atoms with Gasteiger partial charge in [-0.05, 0) is 13.8 Å². The van der Waals surface area contributed by atoms with Crippen molar-refractivity contribution in [1.82, 2.24) is 5.48 Å². The van der Waals surface area contributed by atoms with Crippen LogP contribution in [-0.4, -0.2) is 11.9 Å². The second-order valence-electron chi connectivity index (χ2n) is 2.13. The number of hydrogen-bond donors (Lipinski definition) is 1. The summed E-state index contributed by atoms with van der Waals surface area (Å²) in [6.45, 7) is 6.54. The van der Waals surface area contributed by atoms with E-state index < -0.39 is 11.9 Å². The SMILES string of the molecule is C=C(C)C(=O)NOC(=O)C=CC.